The Bertz CT molecular complexity index is 1620. The Balaban J connectivity index is 1.15. The Morgan fingerprint density at radius 3 is 2.34 bits per heavy atom. The molecule has 4 nitrogen and oxygen atoms in total. The standard InChI is InChI=1S/C30H22FN3O/c31-25-12-9-23(10-13-25)22-7-5-21(6-8-22)18-34-20-32-29-17-27(15-16-30(29)34)35-19-26-14-11-24-3-1-2-4-28(24)33-26/h1-17,20H,18-19H2. The molecule has 4 aromatic carbocycles. The van der Waals surface area contributed by atoms with Crippen LogP contribution < -0.4 is 4.74 Å². The monoisotopic (exact) mass is 459 g/mol. The van der Waals surface area contributed by atoms with Gasteiger partial charge in [0, 0.05) is 18.0 Å². The second-order valence-electron chi connectivity index (χ2n) is 8.51. The summed E-state index contributed by atoms with van der Waals surface area (Å²) >= 11 is 0. The first-order valence-corrected chi connectivity index (χ1v) is 11.5. The highest BCUT2D eigenvalue weighted by molar-refractivity contribution is 5.78. The Morgan fingerprint density at radius 2 is 1.51 bits per heavy atom. The fraction of sp³-hybridized carbons (Fsp3) is 0.0667. The highest BCUT2D eigenvalue weighted by Crippen LogP contribution is 2.24. The second kappa shape index (κ2) is 9.03. The Kier molecular flexibility index (Phi) is 5.43. The van der Waals surface area contributed by atoms with E-state index in [-0.39, 0.29) is 5.82 Å². The van der Waals surface area contributed by atoms with Gasteiger partial charge in [-0.2, -0.15) is 0 Å². The zero-order valence-corrected chi connectivity index (χ0v) is 18.9. The number of hydrogen-bond donors (Lipinski definition) is 0. The minimum atomic E-state index is -0.226. The summed E-state index contributed by atoms with van der Waals surface area (Å²) in [4.78, 5) is 9.25. The molecular formula is C30H22FN3O. The molecule has 6 aromatic rings. The number of imidazole rings is 1. The third-order valence-electron chi connectivity index (χ3n) is 6.12. The molecule has 170 valence electrons. The largest absolute Gasteiger partial charge is 0.487 e. The van der Waals surface area contributed by atoms with Gasteiger partial charge >= 0.3 is 0 Å². The SMILES string of the molecule is Fc1ccc(-c2ccc(Cn3cnc4cc(OCc5ccc6ccccc6n5)ccc43)cc2)cc1. The quantitative estimate of drug-likeness (QED) is 0.269. The van der Waals surface area contributed by atoms with Gasteiger partial charge in [-0.15, -0.1) is 0 Å². The van der Waals surface area contributed by atoms with E-state index < -0.39 is 0 Å². The average molecular weight is 460 g/mol. The van der Waals surface area contributed by atoms with Crippen LogP contribution in [0.25, 0.3) is 33.1 Å². The number of para-hydroxylation sites is 1. The number of benzene rings is 4. The molecule has 0 aliphatic heterocycles. The van der Waals surface area contributed by atoms with Crippen molar-refractivity contribution in [2.45, 2.75) is 13.2 Å². The molecule has 0 N–H and O–H groups in total. The van der Waals surface area contributed by atoms with Crippen molar-refractivity contribution in [3.8, 4) is 16.9 Å². The van der Waals surface area contributed by atoms with Gasteiger partial charge in [0.25, 0.3) is 0 Å². The van der Waals surface area contributed by atoms with E-state index in [9.17, 15) is 4.39 Å². The summed E-state index contributed by atoms with van der Waals surface area (Å²) in [6.07, 6.45) is 1.85. The van der Waals surface area contributed by atoms with Crippen molar-refractivity contribution in [3.05, 3.63) is 127 Å². The lowest BCUT2D eigenvalue weighted by Crippen LogP contribution is -1.99. The van der Waals surface area contributed by atoms with Crippen LogP contribution in [0.1, 0.15) is 11.3 Å². The smallest absolute Gasteiger partial charge is 0.130 e. The highest BCUT2D eigenvalue weighted by atomic mass is 19.1. The van der Waals surface area contributed by atoms with Crippen LogP contribution >= 0.6 is 0 Å². The number of nitrogens with zero attached hydrogens (tertiary/aromatic N) is 3. The van der Waals surface area contributed by atoms with Gasteiger partial charge in [-0.05, 0) is 53.1 Å². The van der Waals surface area contributed by atoms with Gasteiger partial charge < -0.3 is 9.30 Å². The van der Waals surface area contributed by atoms with Gasteiger partial charge in [-0.1, -0.05) is 60.7 Å². The molecule has 0 aliphatic carbocycles. The molecule has 0 aliphatic rings. The molecule has 0 amide bonds. The van der Waals surface area contributed by atoms with Gasteiger partial charge in [0.2, 0.25) is 0 Å². The first kappa shape index (κ1) is 21.1. The maximum atomic E-state index is 13.2. The van der Waals surface area contributed by atoms with E-state index >= 15 is 0 Å². The second-order valence-corrected chi connectivity index (χ2v) is 8.51. The first-order chi connectivity index (χ1) is 17.2. The normalized spacial score (nSPS) is 11.2. The van der Waals surface area contributed by atoms with E-state index in [1.165, 1.54) is 12.1 Å². The molecule has 0 atom stereocenters. The predicted octanol–water partition coefficient (Wildman–Crippen LogP) is 7.02. The van der Waals surface area contributed by atoms with Gasteiger partial charge in [0.05, 0.1) is 28.6 Å². The van der Waals surface area contributed by atoms with Crippen LogP contribution in [0.3, 0.4) is 0 Å². The number of fused-ring (bicyclic) bond motifs is 2. The van der Waals surface area contributed by atoms with Crippen molar-refractivity contribution in [2.75, 3.05) is 0 Å². The number of pyridine rings is 1. The van der Waals surface area contributed by atoms with Crippen LogP contribution in [0.5, 0.6) is 5.75 Å². The highest BCUT2D eigenvalue weighted by Gasteiger charge is 2.07. The van der Waals surface area contributed by atoms with Crippen LogP contribution in [0.4, 0.5) is 4.39 Å². The molecular weight excluding hydrogens is 437 g/mol. The molecule has 5 heteroatoms. The third kappa shape index (κ3) is 4.49. The van der Waals surface area contributed by atoms with E-state index in [0.29, 0.717) is 13.2 Å². The van der Waals surface area contributed by atoms with Crippen LogP contribution in [-0.4, -0.2) is 14.5 Å². The summed E-state index contributed by atoms with van der Waals surface area (Å²) in [7, 11) is 0. The van der Waals surface area contributed by atoms with Gasteiger partial charge in [0.15, 0.2) is 0 Å². The third-order valence-corrected chi connectivity index (χ3v) is 6.12. The van der Waals surface area contributed by atoms with Gasteiger partial charge in [-0.3, -0.25) is 0 Å². The fourth-order valence-electron chi connectivity index (χ4n) is 4.25. The molecule has 2 heterocycles. The molecule has 0 unspecified atom stereocenters. The van der Waals surface area contributed by atoms with Crippen LogP contribution in [0, 0.1) is 5.82 Å². The summed E-state index contributed by atoms with van der Waals surface area (Å²) in [6.45, 7) is 1.11. The number of ether oxygens (including phenoxy) is 1. The van der Waals surface area contributed by atoms with E-state index in [4.69, 9.17) is 4.74 Å². The number of aromatic nitrogens is 3. The fourth-order valence-corrected chi connectivity index (χ4v) is 4.25. The molecule has 0 fully saturated rings. The number of halogens is 1. The lowest BCUT2D eigenvalue weighted by molar-refractivity contribution is 0.302. The number of hydrogen-bond acceptors (Lipinski definition) is 3. The van der Waals surface area contributed by atoms with Crippen LogP contribution in [0.15, 0.2) is 109 Å². The lowest BCUT2D eigenvalue weighted by atomic mass is 10.0. The first-order valence-electron chi connectivity index (χ1n) is 11.5. The maximum Gasteiger partial charge on any atom is 0.130 e. The Morgan fingerprint density at radius 1 is 0.743 bits per heavy atom. The van der Waals surface area contributed by atoms with E-state index in [1.807, 2.05) is 48.8 Å². The number of rotatable bonds is 6. The lowest BCUT2D eigenvalue weighted by Gasteiger charge is -2.09. The van der Waals surface area contributed by atoms with E-state index in [2.05, 4.69) is 50.9 Å². The van der Waals surface area contributed by atoms with E-state index in [1.54, 1.807) is 12.1 Å². The molecule has 6 rings (SSSR count). The van der Waals surface area contributed by atoms with Crippen molar-refractivity contribution in [2.24, 2.45) is 0 Å². The molecule has 0 saturated carbocycles. The van der Waals surface area contributed by atoms with Crippen molar-refractivity contribution < 1.29 is 9.13 Å². The maximum absolute atomic E-state index is 13.2. The summed E-state index contributed by atoms with van der Waals surface area (Å²) < 4.78 is 21.3. The average Bonchev–Trinajstić information content (AvgIpc) is 3.30. The van der Waals surface area contributed by atoms with Gasteiger partial charge in [-0.25, -0.2) is 14.4 Å². The van der Waals surface area contributed by atoms with Crippen LogP contribution in [0.2, 0.25) is 0 Å². The summed E-state index contributed by atoms with van der Waals surface area (Å²) in [5, 5.41) is 1.12. The molecule has 2 aromatic heterocycles. The summed E-state index contributed by atoms with van der Waals surface area (Å²) in [6, 6.07) is 33.0. The summed E-state index contributed by atoms with van der Waals surface area (Å²) in [5.74, 6) is 0.539. The molecule has 0 saturated heterocycles. The minimum Gasteiger partial charge on any atom is -0.487 e. The van der Waals surface area contributed by atoms with E-state index in [0.717, 1.165) is 50.1 Å². The zero-order chi connectivity index (χ0) is 23.6. The Hall–Kier alpha value is -4.51. The van der Waals surface area contributed by atoms with Crippen molar-refractivity contribution in [3.63, 3.8) is 0 Å². The Labute approximate surface area is 202 Å². The molecule has 0 radical (unpaired) electrons. The topological polar surface area (TPSA) is 39.9 Å². The molecule has 35 heavy (non-hydrogen) atoms. The van der Waals surface area contributed by atoms with Crippen molar-refractivity contribution in [1.82, 2.24) is 14.5 Å². The predicted molar refractivity (Wildman–Crippen MR) is 137 cm³/mol. The van der Waals surface area contributed by atoms with Crippen molar-refractivity contribution >= 4 is 21.9 Å². The minimum absolute atomic E-state index is 0.226. The van der Waals surface area contributed by atoms with Crippen LogP contribution in [-0.2, 0) is 13.2 Å². The van der Waals surface area contributed by atoms with Crippen molar-refractivity contribution in [1.29, 1.82) is 0 Å². The molecule has 0 spiro atoms. The van der Waals surface area contributed by atoms with Gasteiger partial charge in [0.1, 0.15) is 18.2 Å². The molecule has 0 bridgehead atoms. The summed E-state index contributed by atoms with van der Waals surface area (Å²) in [5.41, 5.74) is 7.01. The zero-order valence-electron chi connectivity index (χ0n) is 18.9.